The van der Waals surface area contributed by atoms with E-state index >= 15 is 0 Å². The van der Waals surface area contributed by atoms with E-state index in [0.717, 1.165) is 6.07 Å². The molecular formula is C14H18O9. The Balaban J connectivity index is 2.13. The van der Waals surface area contributed by atoms with Crippen LogP contribution in [-0.2, 0) is 9.53 Å². The number of aliphatic hydroxyl groups excluding tert-OH is 4. The number of esters is 1. The highest BCUT2D eigenvalue weighted by Crippen LogP contribution is 2.33. The van der Waals surface area contributed by atoms with E-state index in [-0.39, 0.29) is 17.2 Å². The third-order valence-electron chi connectivity index (χ3n) is 3.28. The average Bonchev–Trinajstić information content (AvgIpc) is 2.49. The molecule has 5 atom stereocenters. The van der Waals surface area contributed by atoms with Crippen LogP contribution in [0.2, 0.25) is 0 Å². The zero-order chi connectivity index (χ0) is 17.1. The van der Waals surface area contributed by atoms with Crippen molar-refractivity contribution in [3.05, 3.63) is 18.2 Å². The smallest absolute Gasteiger partial charge is 0.308 e. The Morgan fingerprint density at radius 3 is 2.48 bits per heavy atom. The van der Waals surface area contributed by atoms with Crippen molar-refractivity contribution in [3.8, 4) is 17.2 Å². The molecule has 0 unspecified atom stereocenters. The van der Waals surface area contributed by atoms with Crippen molar-refractivity contribution >= 4 is 5.97 Å². The number of benzene rings is 1. The molecule has 9 nitrogen and oxygen atoms in total. The van der Waals surface area contributed by atoms with E-state index < -0.39 is 43.3 Å². The molecule has 0 aliphatic carbocycles. The molecule has 0 radical (unpaired) electrons. The Bertz CT molecular complexity index is 559. The number of carbonyl (C=O) groups is 1. The van der Waals surface area contributed by atoms with Crippen molar-refractivity contribution in [2.45, 2.75) is 37.6 Å². The van der Waals surface area contributed by atoms with Crippen LogP contribution in [-0.4, -0.2) is 68.8 Å². The second-order valence-corrected chi connectivity index (χ2v) is 5.04. The van der Waals surface area contributed by atoms with Gasteiger partial charge in [-0.3, -0.25) is 4.79 Å². The molecule has 5 N–H and O–H groups in total. The Morgan fingerprint density at radius 1 is 1.22 bits per heavy atom. The van der Waals surface area contributed by atoms with Gasteiger partial charge in [0.25, 0.3) is 0 Å². The molecule has 1 heterocycles. The number of hydrogen-bond donors (Lipinski definition) is 5. The molecule has 1 aromatic rings. The lowest BCUT2D eigenvalue weighted by Crippen LogP contribution is -2.60. The number of rotatable bonds is 4. The van der Waals surface area contributed by atoms with Gasteiger partial charge in [0.05, 0.1) is 6.61 Å². The van der Waals surface area contributed by atoms with Gasteiger partial charge in [0, 0.05) is 13.0 Å². The number of aromatic hydroxyl groups is 1. The third kappa shape index (κ3) is 3.89. The van der Waals surface area contributed by atoms with Gasteiger partial charge in [-0.25, -0.2) is 0 Å². The van der Waals surface area contributed by atoms with E-state index in [4.69, 9.17) is 19.3 Å². The first-order valence-corrected chi connectivity index (χ1v) is 6.82. The second kappa shape index (κ2) is 7.11. The van der Waals surface area contributed by atoms with Crippen LogP contribution in [0.1, 0.15) is 6.92 Å². The first-order valence-electron chi connectivity index (χ1n) is 6.82. The minimum absolute atomic E-state index is 0.0937. The zero-order valence-electron chi connectivity index (χ0n) is 12.2. The summed E-state index contributed by atoms with van der Waals surface area (Å²) in [6.45, 7) is 0.609. The maximum atomic E-state index is 10.8. The van der Waals surface area contributed by atoms with Crippen LogP contribution >= 0.6 is 0 Å². The molecule has 23 heavy (non-hydrogen) atoms. The maximum absolute atomic E-state index is 10.8. The van der Waals surface area contributed by atoms with Gasteiger partial charge in [-0.15, -0.1) is 0 Å². The first kappa shape index (κ1) is 17.4. The molecule has 0 amide bonds. The van der Waals surface area contributed by atoms with E-state index in [1.54, 1.807) is 0 Å². The fraction of sp³-hybridized carbons (Fsp3) is 0.500. The predicted octanol–water partition coefficient (Wildman–Crippen LogP) is -1.50. The summed E-state index contributed by atoms with van der Waals surface area (Å²) in [5, 5.41) is 48.1. The molecule has 0 saturated carbocycles. The topological polar surface area (TPSA) is 146 Å². The lowest BCUT2D eigenvalue weighted by Gasteiger charge is -2.39. The van der Waals surface area contributed by atoms with Crippen molar-refractivity contribution in [2.75, 3.05) is 6.61 Å². The molecule has 1 aliphatic heterocycles. The highest BCUT2D eigenvalue weighted by Gasteiger charge is 2.44. The zero-order valence-corrected chi connectivity index (χ0v) is 12.2. The average molecular weight is 330 g/mol. The molecule has 1 aromatic carbocycles. The Kier molecular flexibility index (Phi) is 5.39. The summed E-state index contributed by atoms with van der Waals surface area (Å²) < 4.78 is 15.2. The standard InChI is InChI=1S/C14H18O9/c1-6(16)21-7-2-3-9(8(17)4-7)22-14-13(20)12(19)11(18)10(5-15)23-14/h2-4,10-15,17-20H,5H2,1H3/t10-,11-,12+,13-,14-/m1/s1. The Labute approximate surface area is 131 Å². The van der Waals surface area contributed by atoms with Crippen molar-refractivity contribution in [2.24, 2.45) is 0 Å². The van der Waals surface area contributed by atoms with Gasteiger partial charge in [-0.1, -0.05) is 0 Å². The summed E-state index contributed by atoms with van der Waals surface area (Å²) in [4.78, 5) is 10.8. The van der Waals surface area contributed by atoms with Crippen molar-refractivity contribution < 1.29 is 44.5 Å². The number of hydrogen-bond acceptors (Lipinski definition) is 9. The molecule has 2 rings (SSSR count). The monoisotopic (exact) mass is 330 g/mol. The molecule has 9 heteroatoms. The van der Waals surface area contributed by atoms with Crippen LogP contribution < -0.4 is 9.47 Å². The normalized spacial score (nSPS) is 30.7. The summed E-state index contributed by atoms with van der Waals surface area (Å²) >= 11 is 0. The minimum Gasteiger partial charge on any atom is -0.504 e. The molecule has 1 aliphatic rings. The fourth-order valence-corrected chi connectivity index (χ4v) is 2.12. The van der Waals surface area contributed by atoms with Crippen LogP contribution in [0.5, 0.6) is 17.2 Å². The van der Waals surface area contributed by atoms with Gasteiger partial charge < -0.3 is 39.7 Å². The SMILES string of the molecule is CC(=O)Oc1ccc(O[C@@H]2O[C@H](CO)[C@@H](O)[C@H](O)[C@H]2O)c(O)c1. The summed E-state index contributed by atoms with van der Waals surface area (Å²) in [6.07, 6.45) is -7.24. The van der Waals surface area contributed by atoms with Gasteiger partial charge in [-0.2, -0.15) is 0 Å². The number of phenolic OH excluding ortho intramolecular Hbond substituents is 1. The third-order valence-corrected chi connectivity index (χ3v) is 3.28. The largest absolute Gasteiger partial charge is 0.504 e. The van der Waals surface area contributed by atoms with Gasteiger partial charge in [0.1, 0.15) is 30.2 Å². The summed E-state index contributed by atoms with van der Waals surface area (Å²) in [7, 11) is 0. The lowest BCUT2D eigenvalue weighted by atomic mass is 9.99. The first-order chi connectivity index (χ1) is 10.8. The highest BCUT2D eigenvalue weighted by molar-refractivity contribution is 5.69. The van der Waals surface area contributed by atoms with E-state index in [1.165, 1.54) is 19.1 Å². The van der Waals surface area contributed by atoms with Crippen LogP contribution in [0.25, 0.3) is 0 Å². The quantitative estimate of drug-likeness (QED) is 0.328. The number of phenols is 1. The molecule has 0 aromatic heterocycles. The van der Waals surface area contributed by atoms with E-state index in [9.17, 15) is 25.2 Å². The Morgan fingerprint density at radius 2 is 1.91 bits per heavy atom. The predicted molar refractivity (Wildman–Crippen MR) is 73.8 cm³/mol. The van der Waals surface area contributed by atoms with Gasteiger partial charge in [0.15, 0.2) is 11.5 Å². The van der Waals surface area contributed by atoms with Gasteiger partial charge >= 0.3 is 5.97 Å². The molecular weight excluding hydrogens is 312 g/mol. The Hall–Kier alpha value is -1.91. The molecule has 1 fully saturated rings. The summed E-state index contributed by atoms with van der Waals surface area (Å²) in [6, 6.07) is 3.75. The van der Waals surface area contributed by atoms with Crippen LogP contribution in [0.4, 0.5) is 0 Å². The maximum Gasteiger partial charge on any atom is 0.308 e. The number of aliphatic hydroxyl groups is 4. The van der Waals surface area contributed by atoms with Crippen LogP contribution in [0.15, 0.2) is 18.2 Å². The molecule has 1 saturated heterocycles. The van der Waals surface area contributed by atoms with E-state index in [0.29, 0.717) is 0 Å². The number of ether oxygens (including phenoxy) is 3. The number of carbonyl (C=O) groups excluding carboxylic acids is 1. The summed E-state index contributed by atoms with van der Waals surface area (Å²) in [5.74, 6) is -0.964. The lowest BCUT2D eigenvalue weighted by molar-refractivity contribution is -0.277. The van der Waals surface area contributed by atoms with Crippen LogP contribution in [0, 0.1) is 0 Å². The second-order valence-electron chi connectivity index (χ2n) is 5.04. The minimum atomic E-state index is -1.60. The van der Waals surface area contributed by atoms with Crippen LogP contribution in [0.3, 0.4) is 0 Å². The fourth-order valence-electron chi connectivity index (χ4n) is 2.12. The highest BCUT2D eigenvalue weighted by atomic mass is 16.7. The molecule has 0 spiro atoms. The van der Waals surface area contributed by atoms with Gasteiger partial charge in [0.2, 0.25) is 6.29 Å². The van der Waals surface area contributed by atoms with E-state index in [2.05, 4.69) is 0 Å². The van der Waals surface area contributed by atoms with Crippen molar-refractivity contribution in [3.63, 3.8) is 0 Å². The molecule has 0 bridgehead atoms. The molecule has 128 valence electrons. The van der Waals surface area contributed by atoms with Crippen molar-refractivity contribution in [1.82, 2.24) is 0 Å². The van der Waals surface area contributed by atoms with Crippen molar-refractivity contribution in [1.29, 1.82) is 0 Å². The van der Waals surface area contributed by atoms with E-state index in [1.807, 2.05) is 0 Å². The van der Waals surface area contributed by atoms with Gasteiger partial charge in [-0.05, 0) is 12.1 Å². The summed E-state index contributed by atoms with van der Waals surface area (Å²) in [5.41, 5.74) is 0.